The largest absolute Gasteiger partial charge is 0.309 e. The molecule has 0 aliphatic carbocycles. The van der Waals surface area contributed by atoms with Gasteiger partial charge < -0.3 is 18.3 Å². The van der Waals surface area contributed by atoms with Gasteiger partial charge in [-0.3, -0.25) is 0 Å². The fourth-order valence-electron chi connectivity index (χ4n) is 11.8. The number of nitriles is 1. The van der Waals surface area contributed by atoms with E-state index in [1.165, 1.54) is 21.5 Å². The Morgan fingerprint density at radius 3 is 1.06 bits per heavy atom. The Bertz CT molecular complexity index is 4410. The molecule has 5 heterocycles. The van der Waals surface area contributed by atoms with Gasteiger partial charge in [0.25, 0.3) is 0 Å². The van der Waals surface area contributed by atoms with Crippen molar-refractivity contribution in [2.45, 2.75) is 0 Å². The van der Waals surface area contributed by atoms with Gasteiger partial charge in [-0.15, -0.1) is 0 Å². The molecule has 0 fully saturated rings. The molecule has 10 aromatic carbocycles. The van der Waals surface area contributed by atoms with Gasteiger partial charge in [0.2, 0.25) is 0 Å². The second kappa shape index (κ2) is 15.5. The van der Waals surface area contributed by atoms with Crippen LogP contribution in [0.2, 0.25) is 0 Å². The Hall–Kier alpha value is -9.96. The van der Waals surface area contributed by atoms with Crippen molar-refractivity contribution >= 4 is 87.2 Å². The van der Waals surface area contributed by atoms with Crippen LogP contribution in [-0.4, -0.2) is 23.3 Å². The molecule has 0 atom stereocenters. The summed E-state index contributed by atoms with van der Waals surface area (Å²) in [5, 5.41) is 20.5. The highest BCUT2D eigenvalue weighted by molar-refractivity contribution is 6.15. The molecule has 0 N–H and O–H groups in total. The van der Waals surface area contributed by atoms with Gasteiger partial charge in [0.1, 0.15) is 0 Å². The van der Waals surface area contributed by atoms with Crippen LogP contribution in [-0.2, 0) is 0 Å². The molecule has 0 spiro atoms. The third-order valence-electron chi connectivity index (χ3n) is 14.8. The molecular formula is C66H40N6. The van der Waals surface area contributed by atoms with E-state index in [2.05, 4.69) is 261 Å². The van der Waals surface area contributed by atoms with Crippen LogP contribution in [0.5, 0.6) is 0 Å². The van der Waals surface area contributed by atoms with Crippen molar-refractivity contribution in [3.8, 4) is 51.3 Å². The highest BCUT2D eigenvalue weighted by Crippen LogP contribution is 2.44. The molecule has 0 saturated carbocycles. The van der Waals surface area contributed by atoms with Crippen LogP contribution in [0.1, 0.15) is 5.56 Å². The van der Waals surface area contributed by atoms with Crippen molar-refractivity contribution in [2.24, 2.45) is 0 Å². The molecule has 15 rings (SSSR count). The molecule has 334 valence electrons. The zero-order valence-electron chi connectivity index (χ0n) is 38.8. The first-order valence-corrected chi connectivity index (χ1v) is 24.4. The Labute approximate surface area is 413 Å². The van der Waals surface area contributed by atoms with E-state index in [-0.39, 0.29) is 0 Å². The lowest BCUT2D eigenvalue weighted by Crippen LogP contribution is -2.06. The standard InChI is InChI=1S/C66H40N6/c67-41-42-37-64(71-60-31-14-8-23-50(60)52-39-44(33-35-62(52)71)69-56-27-10-4-19-46(56)47-20-5-11-28-57(47)69)66(55-26-16-25-54(68-55)43-17-2-1-3-18-43)65(38-42)72-61-32-15-9-24-51(61)53-40-45(34-36-63(53)72)70-58-29-12-6-21-48(58)49-22-7-13-30-59(49)70/h1-40H. The third kappa shape index (κ3) is 5.79. The molecule has 72 heavy (non-hydrogen) atoms. The van der Waals surface area contributed by atoms with Crippen molar-refractivity contribution in [2.75, 3.05) is 0 Å². The average molecular weight is 917 g/mol. The predicted molar refractivity (Wildman–Crippen MR) is 297 cm³/mol. The topological polar surface area (TPSA) is 56.4 Å². The fraction of sp³-hybridized carbons (Fsp3) is 0. The van der Waals surface area contributed by atoms with Crippen LogP contribution >= 0.6 is 0 Å². The van der Waals surface area contributed by atoms with Gasteiger partial charge in [-0.25, -0.2) is 4.98 Å². The molecule has 0 aliphatic heterocycles. The highest BCUT2D eigenvalue weighted by Gasteiger charge is 2.25. The number of aromatic nitrogens is 5. The first-order valence-electron chi connectivity index (χ1n) is 24.4. The van der Waals surface area contributed by atoms with E-state index >= 15 is 0 Å². The summed E-state index contributed by atoms with van der Waals surface area (Å²) in [4.78, 5) is 5.53. The maximum absolute atomic E-state index is 11.1. The molecule has 0 amide bonds. The fourth-order valence-corrected chi connectivity index (χ4v) is 11.8. The van der Waals surface area contributed by atoms with Crippen LogP contribution in [0.25, 0.3) is 132 Å². The van der Waals surface area contributed by atoms with Gasteiger partial charge in [-0.1, -0.05) is 146 Å². The lowest BCUT2D eigenvalue weighted by molar-refractivity contribution is 1.12. The highest BCUT2D eigenvalue weighted by atomic mass is 15.0. The molecular weight excluding hydrogens is 877 g/mol. The Morgan fingerprint density at radius 2 is 0.639 bits per heavy atom. The van der Waals surface area contributed by atoms with Crippen molar-refractivity contribution in [3.05, 3.63) is 248 Å². The smallest absolute Gasteiger partial charge is 0.0993 e. The van der Waals surface area contributed by atoms with Crippen molar-refractivity contribution in [1.82, 2.24) is 23.3 Å². The van der Waals surface area contributed by atoms with Gasteiger partial charge in [0, 0.05) is 65.6 Å². The maximum atomic E-state index is 11.1. The van der Waals surface area contributed by atoms with Crippen LogP contribution in [0.3, 0.4) is 0 Å². The minimum atomic E-state index is 0.545. The van der Waals surface area contributed by atoms with Crippen molar-refractivity contribution in [1.29, 1.82) is 5.26 Å². The van der Waals surface area contributed by atoms with Crippen LogP contribution in [0, 0.1) is 11.3 Å². The number of hydrogen-bond donors (Lipinski definition) is 0. The number of pyridine rings is 1. The first kappa shape index (κ1) is 40.0. The molecule has 15 aromatic rings. The lowest BCUT2D eigenvalue weighted by atomic mass is 10.0. The monoisotopic (exact) mass is 916 g/mol. The minimum Gasteiger partial charge on any atom is -0.309 e. The van der Waals surface area contributed by atoms with Crippen LogP contribution in [0.15, 0.2) is 243 Å². The van der Waals surface area contributed by atoms with Gasteiger partial charge in [-0.05, 0) is 97.1 Å². The number of para-hydroxylation sites is 6. The number of fused-ring (bicyclic) bond motifs is 12. The van der Waals surface area contributed by atoms with Gasteiger partial charge in [0.05, 0.1) is 78.5 Å². The summed E-state index contributed by atoms with van der Waals surface area (Å²) in [6.07, 6.45) is 0. The third-order valence-corrected chi connectivity index (χ3v) is 14.8. The number of rotatable bonds is 6. The zero-order valence-corrected chi connectivity index (χ0v) is 38.8. The van der Waals surface area contributed by atoms with Gasteiger partial charge >= 0.3 is 0 Å². The number of nitrogens with zero attached hydrogens (tertiary/aromatic N) is 6. The van der Waals surface area contributed by atoms with Crippen molar-refractivity contribution < 1.29 is 0 Å². The quantitative estimate of drug-likeness (QED) is 0.167. The van der Waals surface area contributed by atoms with Crippen LogP contribution in [0.4, 0.5) is 0 Å². The molecule has 0 saturated heterocycles. The summed E-state index contributed by atoms with van der Waals surface area (Å²) >= 11 is 0. The number of hydrogen-bond acceptors (Lipinski definition) is 2. The van der Waals surface area contributed by atoms with Gasteiger partial charge in [-0.2, -0.15) is 5.26 Å². The summed E-state index contributed by atoms with van der Waals surface area (Å²) in [5.41, 5.74) is 16.8. The van der Waals surface area contributed by atoms with E-state index in [1.54, 1.807) is 0 Å². The summed E-state index contributed by atoms with van der Waals surface area (Å²) in [6, 6.07) is 88.9. The Balaban J connectivity index is 1.03. The SMILES string of the molecule is N#Cc1cc(-n2c3ccccc3c3cc(-n4c5ccccc5c5ccccc54)ccc32)c(-c2cccc(-c3ccccc3)n2)c(-n2c3ccccc3c3cc(-n4c5ccccc5c5ccccc54)ccc32)c1. The Kier molecular flexibility index (Phi) is 8.62. The molecule has 0 unspecified atom stereocenters. The Morgan fingerprint density at radius 1 is 0.292 bits per heavy atom. The normalized spacial score (nSPS) is 11.9. The summed E-state index contributed by atoms with van der Waals surface area (Å²) in [5.74, 6) is 0. The van der Waals surface area contributed by atoms with E-state index < -0.39 is 0 Å². The second-order valence-electron chi connectivity index (χ2n) is 18.6. The zero-order chi connectivity index (χ0) is 47.4. The van der Waals surface area contributed by atoms with Crippen molar-refractivity contribution in [3.63, 3.8) is 0 Å². The second-order valence-corrected chi connectivity index (χ2v) is 18.6. The molecule has 0 radical (unpaired) electrons. The summed E-state index contributed by atoms with van der Waals surface area (Å²) in [6.45, 7) is 0. The summed E-state index contributed by atoms with van der Waals surface area (Å²) < 4.78 is 9.46. The van der Waals surface area contributed by atoms with E-state index in [1.807, 2.05) is 6.07 Å². The molecule has 6 nitrogen and oxygen atoms in total. The molecule has 0 bridgehead atoms. The van der Waals surface area contributed by atoms with E-state index in [9.17, 15) is 5.26 Å². The summed E-state index contributed by atoms with van der Waals surface area (Å²) in [7, 11) is 0. The van der Waals surface area contributed by atoms with E-state index in [4.69, 9.17) is 4.98 Å². The average Bonchev–Trinajstić information content (AvgIpc) is 4.18. The van der Waals surface area contributed by atoms with E-state index in [0.717, 1.165) is 111 Å². The minimum absolute atomic E-state index is 0.545. The first-order chi connectivity index (χ1) is 35.7. The predicted octanol–water partition coefficient (Wildman–Crippen LogP) is 16.7. The maximum Gasteiger partial charge on any atom is 0.0993 e. The lowest BCUT2D eigenvalue weighted by Gasteiger charge is -2.21. The van der Waals surface area contributed by atoms with Gasteiger partial charge in [0.15, 0.2) is 0 Å². The van der Waals surface area contributed by atoms with Crippen LogP contribution < -0.4 is 0 Å². The molecule has 6 heteroatoms. The number of benzene rings is 10. The molecule has 0 aliphatic rings. The molecule has 5 aromatic heterocycles. The van der Waals surface area contributed by atoms with E-state index in [0.29, 0.717) is 5.56 Å².